The van der Waals surface area contributed by atoms with Gasteiger partial charge in [-0.2, -0.15) is 0 Å². The first-order valence-corrected chi connectivity index (χ1v) is 16.2. The molecule has 45 heavy (non-hydrogen) atoms. The number of nitrogens with zero attached hydrogens (tertiary/aromatic N) is 2. The highest BCUT2D eigenvalue weighted by Crippen LogP contribution is 2.26. The number of carbonyl (C=O) groups is 2. The number of hydrogen-bond donors (Lipinski definition) is 1. The number of unbranched alkanes of at least 4 members (excludes halogenated alkanes) is 1. The van der Waals surface area contributed by atoms with E-state index in [4.69, 9.17) is 0 Å². The summed E-state index contributed by atoms with van der Waals surface area (Å²) >= 11 is 0. The molecule has 1 N–H and O–H groups in total. The Labute approximate surface area is 263 Å². The molecule has 0 saturated carbocycles. The molecule has 0 saturated heterocycles. The summed E-state index contributed by atoms with van der Waals surface area (Å²) in [4.78, 5) is 29.2. The van der Waals surface area contributed by atoms with E-state index in [0.29, 0.717) is 6.54 Å². The van der Waals surface area contributed by atoms with Crippen molar-refractivity contribution in [3.8, 4) is 0 Å². The van der Waals surface area contributed by atoms with Crippen molar-refractivity contribution in [2.45, 2.75) is 50.6 Å². The third-order valence-corrected chi connectivity index (χ3v) is 9.19. The Kier molecular flexibility index (Phi) is 11.4. The predicted molar refractivity (Wildman–Crippen MR) is 171 cm³/mol. The number of hydrogen-bond acceptors (Lipinski definition) is 4. The molecule has 4 rings (SSSR count). The first kappa shape index (κ1) is 33.3. The van der Waals surface area contributed by atoms with Crippen molar-refractivity contribution in [2.75, 3.05) is 17.4 Å². The van der Waals surface area contributed by atoms with Crippen molar-refractivity contribution < 1.29 is 26.8 Å². The molecule has 0 fully saturated rings. The second-order valence-electron chi connectivity index (χ2n) is 10.8. The predicted octanol–water partition coefficient (Wildman–Crippen LogP) is 6.02. The van der Waals surface area contributed by atoms with Crippen LogP contribution in [0.1, 0.15) is 36.5 Å². The van der Waals surface area contributed by atoms with Crippen LogP contribution in [0.25, 0.3) is 0 Å². The standard InChI is InChI=1S/C35H37F2N3O4S/c1-3-4-22-38-35(42)33(23-27-10-6-5-7-11-27)39(24-28-12-8-9-13-32(28)37)34(41)25-40(30-18-16-29(36)17-19-30)45(43,44)31-20-14-26(2)15-21-31/h5-21,33H,3-4,22-25H2,1-2H3,(H,38,42)/t33-/m1/s1. The minimum absolute atomic E-state index is 0.0585. The first-order valence-electron chi connectivity index (χ1n) is 14.8. The zero-order valence-corrected chi connectivity index (χ0v) is 26.1. The van der Waals surface area contributed by atoms with Gasteiger partial charge in [-0.1, -0.05) is 79.6 Å². The van der Waals surface area contributed by atoms with E-state index in [1.165, 1.54) is 47.4 Å². The quantitative estimate of drug-likeness (QED) is 0.172. The highest BCUT2D eigenvalue weighted by atomic mass is 32.2. The summed E-state index contributed by atoms with van der Waals surface area (Å²) in [6, 6.07) is 24.8. The molecule has 4 aromatic carbocycles. The van der Waals surface area contributed by atoms with Gasteiger partial charge in [0.2, 0.25) is 11.8 Å². The lowest BCUT2D eigenvalue weighted by Gasteiger charge is -2.34. The van der Waals surface area contributed by atoms with Crippen LogP contribution in [-0.2, 0) is 32.6 Å². The summed E-state index contributed by atoms with van der Waals surface area (Å²) in [5, 5.41) is 2.89. The number of sulfonamides is 1. The smallest absolute Gasteiger partial charge is 0.264 e. The van der Waals surface area contributed by atoms with Crippen molar-refractivity contribution in [2.24, 2.45) is 0 Å². The molecule has 0 unspecified atom stereocenters. The monoisotopic (exact) mass is 633 g/mol. The Bertz CT molecular complexity index is 1680. The van der Waals surface area contributed by atoms with Crippen molar-refractivity contribution in [3.63, 3.8) is 0 Å². The normalized spacial score (nSPS) is 11.9. The SMILES string of the molecule is CCCCNC(=O)[C@@H](Cc1ccccc1)N(Cc1ccccc1F)C(=O)CN(c1ccc(F)cc1)S(=O)(=O)c1ccc(C)cc1. The molecule has 0 spiro atoms. The minimum Gasteiger partial charge on any atom is -0.354 e. The van der Waals surface area contributed by atoms with Crippen molar-refractivity contribution >= 4 is 27.5 Å². The third-order valence-electron chi connectivity index (χ3n) is 7.40. The molecule has 4 aromatic rings. The lowest BCUT2D eigenvalue weighted by Crippen LogP contribution is -2.53. The van der Waals surface area contributed by atoms with Crippen LogP contribution in [-0.4, -0.2) is 44.3 Å². The van der Waals surface area contributed by atoms with Crippen LogP contribution in [0.2, 0.25) is 0 Å². The van der Waals surface area contributed by atoms with Crippen LogP contribution >= 0.6 is 0 Å². The number of carbonyl (C=O) groups excluding carboxylic acids is 2. The maximum absolute atomic E-state index is 15.0. The fraction of sp³-hybridized carbons (Fsp3) is 0.257. The summed E-state index contributed by atoms with van der Waals surface area (Å²) in [5.74, 6) is -2.31. The van der Waals surface area contributed by atoms with Gasteiger partial charge in [-0.05, 0) is 61.4 Å². The minimum atomic E-state index is -4.33. The molecule has 10 heteroatoms. The molecule has 0 bridgehead atoms. The molecule has 0 aliphatic carbocycles. The zero-order valence-electron chi connectivity index (χ0n) is 25.3. The van der Waals surface area contributed by atoms with E-state index in [1.807, 2.05) is 44.2 Å². The maximum atomic E-state index is 15.0. The second kappa shape index (κ2) is 15.4. The molecule has 2 amide bonds. The molecule has 7 nitrogen and oxygen atoms in total. The number of benzene rings is 4. The first-order chi connectivity index (χ1) is 21.6. The third kappa shape index (κ3) is 8.76. The van der Waals surface area contributed by atoms with Gasteiger partial charge in [0.25, 0.3) is 10.0 Å². The van der Waals surface area contributed by atoms with Crippen LogP contribution < -0.4 is 9.62 Å². The van der Waals surface area contributed by atoms with Gasteiger partial charge in [0.1, 0.15) is 24.2 Å². The lowest BCUT2D eigenvalue weighted by molar-refractivity contribution is -0.140. The second-order valence-corrected chi connectivity index (χ2v) is 12.6. The molecular formula is C35H37F2N3O4S. The Morgan fingerprint density at radius 2 is 1.49 bits per heavy atom. The van der Waals surface area contributed by atoms with Crippen LogP contribution in [0.15, 0.2) is 108 Å². The average molecular weight is 634 g/mol. The van der Waals surface area contributed by atoms with E-state index in [0.717, 1.165) is 40.4 Å². The zero-order chi connectivity index (χ0) is 32.4. The summed E-state index contributed by atoms with van der Waals surface area (Å²) < 4.78 is 57.7. The van der Waals surface area contributed by atoms with Gasteiger partial charge in [-0.25, -0.2) is 17.2 Å². The summed E-state index contributed by atoms with van der Waals surface area (Å²) in [6.07, 6.45) is 1.67. The molecular weight excluding hydrogens is 596 g/mol. The molecule has 236 valence electrons. The largest absolute Gasteiger partial charge is 0.354 e. The Morgan fingerprint density at radius 3 is 2.13 bits per heavy atom. The van der Waals surface area contributed by atoms with Gasteiger partial charge in [-0.15, -0.1) is 0 Å². The Balaban J connectivity index is 1.79. The molecule has 0 radical (unpaired) electrons. The van der Waals surface area contributed by atoms with Crippen molar-refractivity contribution in [3.05, 3.63) is 131 Å². The maximum Gasteiger partial charge on any atom is 0.264 e. The fourth-order valence-electron chi connectivity index (χ4n) is 4.84. The summed E-state index contributed by atoms with van der Waals surface area (Å²) in [6.45, 7) is 3.18. The van der Waals surface area contributed by atoms with Crippen LogP contribution in [0.5, 0.6) is 0 Å². The average Bonchev–Trinajstić information content (AvgIpc) is 3.03. The van der Waals surface area contributed by atoms with E-state index < -0.39 is 46.1 Å². The number of aryl methyl sites for hydroxylation is 1. The van der Waals surface area contributed by atoms with Gasteiger partial charge < -0.3 is 10.2 Å². The van der Waals surface area contributed by atoms with E-state index in [2.05, 4.69) is 5.32 Å². The molecule has 1 atom stereocenters. The molecule has 0 aromatic heterocycles. The van der Waals surface area contributed by atoms with Crippen LogP contribution in [0.3, 0.4) is 0 Å². The Hall–Kier alpha value is -4.57. The van der Waals surface area contributed by atoms with Gasteiger partial charge in [-0.3, -0.25) is 13.9 Å². The van der Waals surface area contributed by atoms with Crippen molar-refractivity contribution in [1.82, 2.24) is 10.2 Å². The molecule has 0 aliphatic heterocycles. The van der Waals surface area contributed by atoms with Gasteiger partial charge >= 0.3 is 0 Å². The van der Waals surface area contributed by atoms with E-state index >= 15 is 0 Å². The topological polar surface area (TPSA) is 86.8 Å². The summed E-state index contributed by atoms with van der Waals surface area (Å²) in [5.41, 5.74) is 1.83. The van der Waals surface area contributed by atoms with E-state index in [1.54, 1.807) is 18.2 Å². The van der Waals surface area contributed by atoms with E-state index in [9.17, 15) is 26.8 Å². The summed E-state index contributed by atoms with van der Waals surface area (Å²) in [7, 11) is -4.33. The van der Waals surface area contributed by atoms with Crippen LogP contribution in [0, 0.1) is 18.6 Å². The van der Waals surface area contributed by atoms with Crippen molar-refractivity contribution in [1.29, 1.82) is 0 Å². The highest BCUT2D eigenvalue weighted by molar-refractivity contribution is 7.92. The van der Waals surface area contributed by atoms with E-state index in [-0.39, 0.29) is 29.1 Å². The number of halogens is 2. The number of nitrogens with one attached hydrogen (secondary N) is 1. The van der Waals surface area contributed by atoms with Gasteiger partial charge in [0.15, 0.2) is 0 Å². The van der Waals surface area contributed by atoms with Gasteiger partial charge in [0, 0.05) is 25.1 Å². The Morgan fingerprint density at radius 1 is 0.844 bits per heavy atom. The number of rotatable bonds is 14. The lowest BCUT2D eigenvalue weighted by atomic mass is 10.0. The number of anilines is 1. The highest BCUT2D eigenvalue weighted by Gasteiger charge is 2.35. The van der Waals surface area contributed by atoms with Gasteiger partial charge in [0.05, 0.1) is 10.6 Å². The number of amides is 2. The van der Waals surface area contributed by atoms with Crippen LogP contribution in [0.4, 0.5) is 14.5 Å². The molecule has 0 heterocycles. The molecule has 0 aliphatic rings. The fourth-order valence-corrected chi connectivity index (χ4v) is 6.26.